The second-order valence-electron chi connectivity index (χ2n) is 9.05. The number of carbonyl (C=O) groups is 2. The molecule has 1 N–H and O–H groups in total. The minimum absolute atomic E-state index is 0.195. The van der Waals surface area contributed by atoms with Gasteiger partial charge in [0, 0.05) is 24.5 Å². The van der Waals surface area contributed by atoms with Gasteiger partial charge in [0.25, 0.3) is 5.91 Å². The molecular formula is C29H32Cl2N2O3. The van der Waals surface area contributed by atoms with Crippen LogP contribution in [0.25, 0.3) is 0 Å². The number of nitrogens with one attached hydrogen (secondary N) is 1. The van der Waals surface area contributed by atoms with Gasteiger partial charge in [-0.1, -0.05) is 91.6 Å². The van der Waals surface area contributed by atoms with Crippen molar-refractivity contribution in [2.75, 3.05) is 13.2 Å². The topological polar surface area (TPSA) is 58.6 Å². The maximum atomic E-state index is 13.6. The van der Waals surface area contributed by atoms with E-state index in [0.29, 0.717) is 34.7 Å². The monoisotopic (exact) mass is 526 g/mol. The first kappa shape index (κ1) is 27.6. The number of amides is 2. The number of ether oxygens (including phenoxy) is 1. The molecule has 3 aromatic carbocycles. The van der Waals surface area contributed by atoms with Gasteiger partial charge in [0.05, 0.1) is 5.02 Å². The maximum Gasteiger partial charge on any atom is 0.261 e. The SMILES string of the molecule is CC(C)CCNC(=O)C(Cc1ccccc1)N(Cc1ccc(Cl)cc1)C(=O)COc1ccccc1Cl. The van der Waals surface area contributed by atoms with E-state index in [2.05, 4.69) is 19.2 Å². The van der Waals surface area contributed by atoms with Gasteiger partial charge >= 0.3 is 0 Å². The van der Waals surface area contributed by atoms with Crippen LogP contribution < -0.4 is 10.1 Å². The minimum Gasteiger partial charge on any atom is -0.482 e. The fraction of sp³-hybridized carbons (Fsp3) is 0.310. The van der Waals surface area contributed by atoms with Crippen LogP contribution in [0.15, 0.2) is 78.9 Å². The molecule has 0 aliphatic heterocycles. The van der Waals surface area contributed by atoms with E-state index in [9.17, 15) is 9.59 Å². The first-order valence-corrected chi connectivity index (χ1v) is 12.8. The van der Waals surface area contributed by atoms with E-state index < -0.39 is 6.04 Å². The molecule has 0 aromatic heterocycles. The highest BCUT2D eigenvalue weighted by molar-refractivity contribution is 6.32. The van der Waals surface area contributed by atoms with E-state index in [-0.39, 0.29) is 25.0 Å². The van der Waals surface area contributed by atoms with Gasteiger partial charge in [-0.25, -0.2) is 0 Å². The molecule has 3 aromatic rings. The molecule has 1 unspecified atom stereocenters. The zero-order valence-electron chi connectivity index (χ0n) is 20.6. The van der Waals surface area contributed by atoms with Crippen LogP contribution in [0.5, 0.6) is 5.75 Å². The van der Waals surface area contributed by atoms with Crippen LogP contribution in [0.2, 0.25) is 10.0 Å². The Morgan fingerprint density at radius 1 is 0.889 bits per heavy atom. The number of halogens is 2. The van der Waals surface area contributed by atoms with Gasteiger partial charge in [-0.05, 0) is 47.7 Å². The average Bonchev–Trinajstić information content (AvgIpc) is 2.87. The predicted molar refractivity (Wildman–Crippen MR) is 145 cm³/mol. The highest BCUT2D eigenvalue weighted by Crippen LogP contribution is 2.24. The van der Waals surface area contributed by atoms with Crippen LogP contribution in [0, 0.1) is 5.92 Å². The van der Waals surface area contributed by atoms with Crippen molar-refractivity contribution in [2.24, 2.45) is 5.92 Å². The smallest absolute Gasteiger partial charge is 0.261 e. The summed E-state index contributed by atoms with van der Waals surface area (Å²) in [5, 5.41) is 4.05. The Hall–Kier alpha value is -3.02. The quantitative estimate of drug-likeness (QED) is 0.306. The molecule has 0 aliphatic carbocycles. The van der Waals surface area contributed by atoms with Crippen molar-refractivity contribution in [3.05, 3.63) is 100 Å². The second-order valence-corrected chi connectivity index (χ2v) is 9.89. The molecule has 190 valence electrons. The number of nitrogens with zero attached hydrogens (tertiary/aromatic N) is 1. The first-order chi connectivity index (χ1) is 17.3. The van der Waals surface area contributed by atoms with Crippen molar-refractivity contribution in [3.63, 3.8) is 0 Å². The zero-order valence-corrected chi connectivity index (χ0v) is 22.1. The van der Waals surface area contributed by atoms with Crippen LogP contribution >= 0.6 is 23.2 Å². The molecule has 2 amide bonds. The number of hydrogen-bond donors (Lipinski definition) is 1. The Morgan fingerprint density at radius 2 is 1.56 bits per heavy atom. The van der Waals surface area contributed by atoms with Crippen molar-refractivity contribution < 1.29 is 14.3 Å². The van der Waals surface area contributed by atoms with Gasteiger partial charge in [0.15, 0.2) is 6.61 Å². The van der Waals surface area contributed by atoms with Crippen LogP contribution in [-0.2, 0) is 22.6 Å². The molecular weight excluding hydrogens is 495 g/mol. The van der Waals surface area contributed by atoms with Crippen LogP contribution in [0.3, 0.4) is 0 Å². The van der Waals surface area contributed by atoms with E-state index in [0.717, 1.165) is 17.5 Å². The summed E-state index contributed by atoms with van der Waals surface area (Å²) >= 11 is 12.3. The van der Waals surface area contributed by atoms with Crippen molar-refractivity contribution in [1.29, 1.82) is 0 Å². The first-order valence-electron chi connectivity index (χ1n) is 12.1. The standard InChI is InChI=1S/C29H32Cl2N2O3/c1-21(2)16-17-32-29(35)26(18-22-8-4-3-5-9-22)33(19-23-12-14-24(30)15-13-23)28(34)20-36-27-11-7-6-10-25(27)31/h3-15,21,26H,16-20H2,1-2H3,(H,32,35). The van der Waals surface area contributed by atoms with E-state index in [1.54, 1.807) is 41.3 Å². The van der Waals surface area contributed by atoms with Crippen molar-refractivity contribution in [3.8, 4) is 5.75 Å². The Balaban J connectivity index is 1.88. The number of hydrogen-bond acceptors (Lipinski definition) is 3. The molecule has 5 nitrogen and oxygen atoms in total. The predicted octanol–water partition coefficient (Wildman–Crippen LogP) is 6.17. The molecule has 3 rings (SSSR count). The Morgan fingerprint density at radius 3 is 2.22 bits per heavy atom. The fourth-order valence-corrected chi connectivity index (χ4v) is 4.04. The molecule has 0 aliphatic rings. The normalized spacial score (nSPS) is 11.7. The van der Waals surface area contributed by atoms with Gasteiger partial charge in [-0.3, -0.25) is 9.59 Å². The van der Waals surface area contributed by atoms with Crippen molar-refractivity contribution >= 4 is 35.0 Å². The summed E-state index contributed by atoms with van der Waals surface area (Å²) in [7, 11) is 0. The summed E-state index contributed by atoms with van der Waals surface area (Å²) in [6.07, 6.45) is 1.23. The lowest BCUT2D eigenvalue weighted by molar-refractivity contribution is -0.142. The molecule has 0 radical (unpaired) electrons. The third-order valence-electron chi connectivity index (χ3n) is 5.75. The summed E-state index contributed by atoms with van der Waals surface area (Å²) < 4.78 is 5.75. The summed E-state index contributed by atoms with van der Waals surface area (Å²) in [6, 6.07) is 23.2. The lowest BCUT2D eigenvalue weighted by atomic mass is 10.0. The molecule has 0 saturated carbocycles. The molecule has 0 spiro atoms. The molecule has 0 heterocycles. The third-order valence-corrected chi connectivity index (χ3v) is 6.31. The van der Waals surface area contributed by atoms with Gasteiger partial charge in [0.1, 0.15) is 11.8 Å². The number of rotatable bonds is 12. The highest BCUT2D eigenvalue weighted by atomic mass is 35.5. The van der Waals surface area contributed by atoms with Crippen LogP contribution in [0.1, 0.15) is 31.4 Å². The van der Waals surface area contributed by atoms with Crippen molar-refractivity contribution in [2.45, 2.75) is 39.3 Å². The maximum absolute atomic E-state index is 13.6. The number of benzene rings is 3. The fourth-order valence-electron chi connectivity index (χ4n) is 3.73. The molecule has 7 heteroatoms. The van der Waals surface area contributed by atoms with Gasteiger partial charge in [-0.15, -0.1) is 0 Å². The van der Waals surface area contributed by atoms with Gasteiger partial charge < -0.3 is 15.0 Å². The van der Waals surface area contributed by atoms with Crippen LogP contribution in [0.4, 0.5) is 0 Å². The van der Waals surface area contributed by atoms with E-state index >= 15 is 0 Å². The van der Waals surface area contributed by atoms with Gasteiger partial charge in [0.2, 0.25) is 5.91 Å². The Bertz CT molecular complexity index is 1120. The minimum atomic E-state index is -0.724. The lowest BCUT2D eigenvalue weighted by Crippen LogP contribution is -2.52. The highest BCUT2D eigenvalue weighted by Gasteiger charge is 2.30. The molecule has 1 atom stereocenters. The summed E-state index contributed by atoms with van der Waals surface area (Å²) in [4.78, 5) is 28.6. The third kappa shape index (κ3) is 8.58. The number of carbonyl (C=O) groups excluding carboxylic acids is 2. The zero-order chi connectivity index (χ0) is 25.9. The summed E-state index contributed by atoms with van der Waals surface area (Å²) in [5.41, 5.74) is 1.82. The van der Waals surface area contributed by atoms with Gasteiger partial charge in [-0.2, -0.15) is 0 Å². The molecule has 0 bridgehead atoms. The molecule has 0 saturated heterocycles. The molecule has 0 fully saturated rings. The number of para-hydroxylation sites is 1. The summed E-state index contributed by atoms with van der Waals surface area (Å²) in [6.45, 7) is 4.74. The van der Waals surface area contributed by atoms with E-state index in [1.807, 2.05) is 42.5 Å². The van der Waals surface area contributed by atoms with E-state index in [1.165, 1.54) is 0 Å². The average molecular weight is 527 g/mol. The van der Waals surface area contributed by atoms with Crippen molar-refractivity contribution in [1.82, 2.24) is 10.2 Å². The molecule has 36 heavy (non-hydrogen) atoms. The van der Waals surface area contributed by atoms with E-state index in [4.69, 9.17) is 27.9 Å². The largest absolute Gasteiger partial charge is 0.482 e. The Kier molecular flexibility index (Phi) is 10.6. The Labute approximate surface area is 223 Å². The summed E-state index contributed by atoms with van der Waals surface area (Å²) in [5.74, 6) is 0.359. The lowest BCUT2D eigenvalue weighted by Gasteiger charge is -2.31. The van der Waals surface area contributed by atoms with Crippen LogP contribution in [-0.4, -0.2) is 35.9 Å². The second kappa shape index (κ2) is 13.9.